The fraction of sp³-hybridized carbons (Fsp3) is 0.125. The molecule has 3 aromatic rings. The molecule has 0 fully saturated rings. The predicted octanol–water partition coefficient (Wildman–Crippen LogP) is 4.52. The number of hydrogen-bond donors (Lipinski definition) is 1. The molecule has 0 spiro atoms. The molecule has 1 heterocycles. The number of methoxy groups -OCH3 is 1. The van der Waals surface area contributed by atoms with Crippen molar-refractivity contribution in [2.75, 3.05) is 12.4 Å². The minimum absolute atomic E-state index is 0.264. The largest absolute Gasteiger partial charge is 0.496 e. The van der Waals surface area contributed by atoms with Gasteiger partial charge >= 0.3 is 0 Å². The molecule has 0 aliphatic carbocycles. The van der Waals surface area contributed by atoms with Gasteiger partial charge in [0.15, 0.2) is 0 Å². The number of benzene rings is 2. The average molecular weight is 333 g/mol. The summed E-state index contributed by atoms with van der Waals surface area (Å²) in [5.74, 6) is 0.219. The van der Waals surface area contributed by atoms with Gasteiger partial charge in [0, 0.05) is 10.7 Å². The highest BCUT2D eigenvalue weighted by Crippen LogP contribution is 2.27. The van der Waals surface area contributed by atoms with Crippen molar-refractivity contribution in [3.63, 3.8) is 0 Å². The molecule has 0 atom stereocenters. The number of aryl methyl sites for hydroxylation is 1. The maximum atomic E-state index is 12.4. The number of amides is 1. The Bertz CT molecular complexity index is 860. The first-order valence-corrected chi connectivity index (χ1v) is 7.78. The van der Waals surface area contributed by atoms with Gasteiger partial charge in [-0.15, -0.1) is 11.3 Å². The number of carbonyl (C=O) groups is 1. The summed E-state index contributed by atoms with van der Waals surface area (Å²) >= 11 is 7.55. The summed E-state index contributed by atoms with van der Waals surface area (Å²) in [4.78, 5) is 16.8. The third-order valence-electron chi connectivity index (χ3n) is 3.16. The summed E-state index contributed by atoms with van der Waals surface area (Å²) in [5.41, 5.74) is 2.04. The second kappa shape index (κ2) is 5.94. The molecule has 22 heavy (non-hydrogen) atoms. The summed E-state index contributed by atoms with van der Waals surface area (Å²) in [6, 6.07) is 10.6. The van der Waals surface area contributed by atoms with Gasteiger partial charge in [-0.25, -0.2) is 4.98 Å². The maximum absolute atomic E-state index is 12.4. The monoisotopic (exact) mass is 332 g/mol. The van der Waals surface area contributed by atoms with Crippen LogP contribution in [0.4, 0.5) is 5.69 Å². The fourth-order valence-electron chi connectivity index (χ4n) is 2.17. The molecule has 6 heteroatoms. The predicted molar refractivity (Wildman–Crippen MR) is 90.3 cm³/mol. The maximum Gasteiger partial charge on any atom is 0.259 e. The second-order valence-corrected chi connectivity index (χ2v) is 6.39. The molecule has 0 radical (unpaired) electrons. The van der Waals surface area contributed by atoms with Crippen LogP contribution in [0.2, 0.25) is 5.02 Å². The summed E-state index contributed by atoms with van der Waals surface area (Å²) in [6.07, 6.45) is 0. The van der Waals surface area contributed by atoms with Crippen molar-refractivity contribution in [1.29, 1.82) is 0 Å². The zero-order valence-electron chi connectivity index (χ0n) is 12.0. The number of anilines is 1. The topological polar surface area (TPSA) is 51.2 Å². The molecule has 0 aliphatic rings. The Morgan fingerprint density at radius 3 is 2.86 bits per heavy atom. The molecular weight excluding hydrogens is 320 g/mol. The highest BCUT2D eigenvalue weighted by molar-refractivity contribution is 7.18. The lowest BCUT2D eigenvalue weighted by atomic mass is 10.2. The summed E-state index contributed by atoms with van der Waals surface area (Å²) in [5, 5.41) is 4.34. The van der Waals surface area contributed by atoms with E-state index in [0.29, 0.717) is 22.0 Å². The van der Waals surface area contributed by atoms with Crippen molar-refractivity contribution >= 4 is 44.7 Å². The molecule has 0 bridgehead atoms. The molecule has 0 unspecified atom stereocenters. The van der Waals surface area contributed by atoms with Crippen molar-refractivity contribution < 1.29 is 9.53 Å². The average Bonchev–Trinajstić information content (AvgIpc) is 2.86. The SMILES string of the molecule is COc1ccc(Cl)cc1C(=O)Nc1ccc2nc(C)sc2c1. The first-order chi connectivity index (χ1) is 10.6. The van der Waals surface area contributed by atoms with Crippen LogP contribution < -0.4 is 10.1 Å². The van der Waals surface area contributed by atoms with E-state index in [1.165, 1.54) is 7.11 Å². The Morgan fingerprint density at radius 2 is 2.09 bits per heavy atom. The number of ether oxygens (including phenoxy) is 1. The molecule has 1 amide bonds. The van der Waals surface area contributed by atoms with Gasteiger partial charge in [-0.3, -0.25) is 4.79 Å². The van der Waals surface area contributed by atoms with Crippen molar-refractivity contribution in [1.82, 2.24) is 4.98 Å². The molecule has 1 aromatic heterocycles. The van der Waals surface area contributed by atoms with Crippen molar-refractivity contribution in [3.05, 3.63) is 52.0 Å². The number of thiazole rings is 1. The molecule has 112 valence electrons. The fourth-order valence-corrected chi connectivity index (χ4v) is 3.21. The Balaban J connectivity index is 1.90. The van der Waals surface area contributed by atoms with E-state index in [1.54, 1.807) is 29.5 Å². The van der Waals surface area contributed by atoms with Crippen LogP contribution in [-0.2, 0) is 0 Å². The molecule has 3 rings (SSSR count). The van der Waals surface area contributed by atoms with E-state index in [-0.39, 0.29) is 5.91 Å². The molecule has 2 aromatic carbocycles. The van der Waals surface area contributed by atoms with E-state index in [1.807, 2.05) is 25.1 Å². The molecule has 1 N–H and O–H groups in total. The highest BCUT2D eigenvalue weighted by Gasteiger charge is 2.13. The van der Waals surface area contributed by atoms with Gasteiger partial charge < -0.3 is 10.1 Å². The van der Waals surface area contributed by atoms with Crippen LogP contribution in [0.5, 0.6) is 5.75 Å². The van der Waals surface area contributed by atoms with E-state index >= 15 is 0 Å². The lowest BCUT2D eigenvalue weighted by Gasteiger charge is -2.09. The van der Waals surface area contributed by atoms with Gasteiger partial charge in [0.05, 0.1) is 27.9 Å². The van der Waals surface area contributed by atoms with Gasteiger partial charge in [-0.1, -0.05) is 11.6 Å². The minimum atomic E-state index is -0.264. The first kappa shape index (κ1) is 14.8. The Morgan fingerprint density at radius 1 is 1.27 bits per heavy atom. The summed E-state index contributed by atoms with van der Waals surface area (Å²) in [6.45, 7) is 1.96. The first-order valence-electron chi connectivity index (χ1n) is 6.59. The zero-order chi connectivity index (χ0) is 15.7. The molecular formula is C16H13ClN2O2S. The zero-order valence-corrected chi connectivity index (χ0v) is 13.6. The van der Waals surface area contributed by atoms with Crippen molar-refractivity contribution in [2.24, 2.45) is 0 Å². The molecule has 4 nitrogen and oxygen atoms in total. The van der Waals surface area contributed by atoms with Gasteiger partial charge in [-0.05, 0) is 43.3 Å². The molecule has 0 aliphatic heterocycles. The Hall–Kier alpha value is -2.11. The second-order valence-electron chi connectivity index (χ2n) is 4.71. The summed E-state index contributed by atoms with van der Waals surface area (Å²) in [7, 11) is 1.52. The van der Waals surface area contributed by atoms with Gasteiger partial charge in [0.2, 0.25) is 0 Å². The van der Waals surface area contributed by atoms with Crippen LogP contribution in [0.15, 0.2) is 36.4 Å². The van der Waals surface area contributed by atoms with E-state index < -0.39 is 0 Å². The Kier molecular flexibility index (Phi) is 4.00. The van der Waals surface area contributed by atoms with Crippen LogP contribution in [-0.4, -0.2) is 18.0 Å². The third kappa shape index (κ3) is 2.91. The van der Waals surface area contributed by atoms with E-state index in [0.717, 1.165) is 15.2 Å². The van der Waals surface area contributed by atoms with Gasteiger partial charge in [0.1, 0.15) is 5.75 Å². The van der Waals surface area contributed by atoms with Crippen LogP contribution in [0.25, 0.3) is 10.2 Å². The molecule has 0 saturated carbocycles. The highest BCUT2D eigenvalue weighted by atomic mass is 35.5. The third-order valence-corrected chi connectivity index (χ3v) is 4.33. The van der Waals surface area contributed by atoms with Gasteiger partial charge in [0.25, 0.3) is 5.91 Å². The van der Waals surface area contributed by atoms with E-state index in [4.69, 9.17) is 16.3 Å². The smallest absolute Gasteiger partial charge is 0.259 e. The Labute approximate surface area is 136 Å². The van der Waals surface area contributed by atoms with E-state index in [2.05, 4.69) is 10.3 Å². The number of nitrogens with one attached hydrogen (secondary N) is 1. The van der Waals surface area contributed by atoms with Crippen molar-refractivity contribution in [2.45, 2.75) is 6.92 Å². The van der Waals surface area contributed by atoms with Gasteiger partial charge in [-0.2, -0.15) is 0 Å². The number of nitrogens with zero attached hydrogens (tertiary/aromatic N) is 1. The minimum Gasteiger partial charge on any atom is -0.496 e. The number of halogens is 1. The number of hydrogen-bond acceptors (Lipinski definition) is 4. The van der Waals surface area contributed by atoms with E-state index in [9.17, 15) is 4.79 Å². The molecule has 0 saturated heterocycles. The lowest BCUT2D eigenvalue weighted by molar-refractivity contribution is 0.102. The standard InChI is InChI=1S/C16H13ClN2O2S/c1-9-18-13-5-4-11(8-15(13)22-9)19-16(20)12-7-10(17)3-6-14(12)21-2/h3-8H,1-2H3,(H,19,20). The lowest BCUT2D eigenvalue weighted by Crippen LogP contribution is -2.13. The number of fused-ring (bicyclic) bond motifs is 1. The van der Waals surface area contributed by atoms with Crippen LogP contribution in [0, 0.1) is 6.92 Å². The van der Waals surface area contributed by atoms with Crippen LogP contribution >= 0.6 is 22.9 Å². The van der Waals surface area contributed by atoms with Crippen LogP contribution in [0.1, 0.15) is 15.4 Å². The number of carbonyl (C=O) groups excluding carboxylic acids is 1. The number of rotatable bonds is 3. The number of aromatic nitrogens is 1. The quantitative estimate of drug-likeness (QED) is 0.767. The summed E-state index contributed by atoms with van der Waals surface area (Å²) < 4.78 is 6.24. The van der Waals surface area contributed by atoms with Crippen LogP contribution in [0.3, 0.4) is 0 Å². The normalized spacial score (nSPS) is 10.7. The van der Waals surface area contributed by atoms with Crippen molar-refractivity contribution in [3.8, 4) is 5.75 Å².